The lowest BCUT2D eigenvalue weighted by Crippen LogP contribution is -2.33. The number of hydrogen-bond donors (Lipinski definition) is 6. The summed E-state index contributed by atoms with van der Waals surface area (Å²) in [5, 5.41) is 38.1. The van der Waals surface area contributed by atoms with Crippen LogP contribution in [0.4, 0.5) is 11.5 Å². The molecular formula is C23H29N7O7. The zero-order valence-corrected chi connectivity index (χ0v) is 20.1. The number of rotatable bonds is 11. The fourth-order valence-corrected chi connectivity index (χ4v) is 3.87. The molecule has 1 fully saturated rings. The van der Waals surface area contributed by atoms with Crippen LogP contribution in [0.5, 0.6) is 0 Å². The molecule has 4 rings (SSSR count). The molecule has 2 aromatic heterocycles. The molecule has 0 spiro atoms. The van der Waals surface area contributed by atoms with Gasteiger partial charge in [-0.3, -0.25) is 14.2 Å². The van der Waals surface area contributed by atoms with E-state index in [9.17, 15) is 24.9 Å². The average molecular weight is 516 g/mol. The topological polar surface area (TPSA) is 193 Å². The van der Waals surface area contributed by atoms with Gasteiger partial charge in [0.1, 0.15) is 24.6 Å². The van der Waals surface area contributed by atoms with E-state index < -0.39 is 31.1 Å². The molecular weight excluding hydrogens is 486 g/mol. The van der Waals surface area contributed by atoms with E-state index in [0.717, 1.165) is 0 Å². The van der Waals surface area contributed by atoms with Crippen LogP contribution >= 0.6 is 0 Å². The predicted octanol–water partition coefficient (Wildman–Crippen LogP) is -0.745. The molecule has 0 bridgehead atoms. The van der Waals surface area contributed by atoms with E-state index in [1.165, 1.54) is 24.1 Å². The molecule has 14 heteroatoms. The number of imidazole rings is 1. The predicted molar refractivity (Wildman–Crippen MR) is 131 cm³/mol. The normalized spacial score (nSPS) is 21.2. The molecule has 1 aliphatic rings. The highest BCUT2D eigenvalue weighted by atomic mass is 16.6. The number of nitrogens with one attached hydrogen (secondary N) is 3. The van der Waals surface area contributed by atoms with Crippen LogP contribution in [0.15, 0.2) is 36.9 Å². The van der Waals surface area contributed by atoms with Gasteiger partial charge in [-0.15, -0.1) is 0 Å². The second kappa shape index (κ2) is 12.0. The molecule has 2 amide bonds. The lowest BCUT2D eigenvalue weighted by molar-refractivity contribution is -0.114. The van der Waals surface area contributed by atoms with E-state index in [1.807, 2.05) is 0 Å². The monoisotopic (exact) mass is 515 g/mol. The summed E-state index contributed by atoms with van der Waals surface area (Å²) < 4.78 is 12.6. The number of nitrogens with zero attached hydrogens (tertiary/aromatic N) is 4. The van der Waals surface area contributed by atoms with Crippen molar-refractivity contribution in [3.05, 3.63) is 42.5 Å². The number of aromatic nitrogens is 4. The number of aliphatic hydroxyl groups is 3. The van der Waals surface area contributed by atoms with Gasteiger partial charge in [0.05, 0.1) is 26.1 Å². The summed E-state index contributed by atoms with van der Waals surface area (Å²) in [6, 6.07) is 6.57. The maximum absolute atomic E-state index is 12.2. The highest BCUT2D eigenvalue weighted by Gasteiger charge is 2.44. The minimum absolute atomic E-state index is 0.182. The van der Waals surface area contributed by atoms with Gasteiger partial charge >= 0.3 is 0 Å². The Hall–Kier alpha value is -3.69. The summed E-state index contributed by atoms with van der Waals surface area (Å²) in [5.74, 6) is 0.0261. The van der Waals surface area contributed by atoms with Gasteiger partial charge in [-0.1, -0.05) is 0 Å². The third kappa shape index (κ3) is 6.18. The van der Waals surface area contributed by atoms with Gasteiger partial charge in [0.2, 0.25) is 5.91 Å². The smallest absolute Gasteiger partial charge is 0.251 e. The first-order valence-electron chi connectivity index (χ1n) is 11.7. The molecule has 198 valence electrons. The zero-order chi connectivity index (χ0) is 26.4. The Morgan fingerprint density at radius 1 is 1.08 bits per heavy atom. The second-order valence-corrected chi connectivity index (χ2v) is 8.33. The number of hydrogen-bond acceptors (Lipinski definition) is 11. The van der Waals surface area contributed by atoms with Gasteiger partial charge in [0.15, 0.2) is 23.2 Å². The third-order valence-corrected chi connectivity index (χ3v) is 5.69. The van der Waals surface area contributed by atoms with E-state index in [2.05, 4.69) is 30.9 Å². The largest absolute Gasteiger partial charge is 0.394 e. The van der Waals surface area contributed by atoms with Gasteiger partial charge < -0.3 is 40.7 Å². The average Bonchev–Trinajstić information content (AvgIpc) is 3.44. The van der Waals surface area contributed by atoms with Crippen LogP contribution in [0.1, 0.15) is 23.5 Å². The Balaban J connectivity index is 1.21. The molecule has 1 saturated heterocycles. The molecule has 0 unspecified atom stereocenters. The van der Waals surface area contributed by atoms with E-state index in [4.69, 9.17) is 9.47 Å². The number of benzene rings is 1. The fourth-order valence-electron chi connectivity index (χ4n) is 3.87. The van der Waals surface area contributed by atoms with Crippen molar-refractivity contribution in [2.24, 2.45) is 0 Å². The summed E-state index contributed by atoms with van der Waals surface area (Å²) >= 11 is 0. The highest BCUT2D eigenvalue weighted by Crippen LogP contribution is 2.32. The van der Waals surface area contributed by atoms with Crippen LogP contribution in [-0.4, -0.2) is 97.9 Å². The molecule has 37 heavy (non-hydrogen) atoms. The molecule has 0 radical (unpaired) electrons. The molecule has 0 aliphatic carbocycles. The lowest BCUT2D eigenvalue weighted by Gasteiger charge is -2.16. The number of aliphatic hydroxyl groups excluding tert-OH is 3. The minimum Gasteiger partial charge on any atom is -0.394 e. The van der Waals surface area contributed by atoms with Gasteiger partial charge in [-0.2, -0.15) is 0 Å². The lowest BCUT2D eigenvalue weighted by atomic mass is 10.1. The number of fused-ring (bicyclic) bond motifs is 1. The summed E-state index contributed by atoms with van der Waals surface area (Å²) in [4.78, 5) is 36.0. The van der Waals surface area contributed by atoms with E-state index in [0.29, 0.717) is 54.5 Å². The summed E-state index contributed by atoms with van der Waals surface area (Å²) in [5.41, 5.74) is 1.92. The van der Waals surface area contributed by atoms with Crippen molar-refractivity contribution in [1.29, 1.82) is 0 Å². The quantitative estimate of drug-likeness (QED) is 0.176. The molecule has 14 nitrogen and oxygen atoms in total. The van der Waals surface area contributed by atoms with Crippen molar-refractivity contribution in [3.8, 4) is 0 Å². The van der Waals surface area contributed by atoms with E-state index in [1.54, 1.807) is 24.3 Å². The Bertz CT molecular complexity index is 1220. The van der Waals surface area contributed by atoms with Gasteiger partial charge in [0, 0.05) is 31.3 Å². The van der Waals surface area contributed by atoms with Crippen LogP contribution < -0.4 is 16.0 Å². The number of anilines is 2. The SMILES string of the molecule is CC(=O)Nc1ccc(C(=O)NCCOCCNc2ncnc3c2ncn3[C@@H]2O[C@H](CO)[C@@H](O)[C@H]2O)cc1. The fraction of sp³-hybridized carbons (Fsp3) is 0.435. The first-order valence-corrected chi connectivity index (χ1v) is 11.7. The second-order valence-electron chi connectivity index (χ2n) is 8.33. The van der Waals surface area contributed by atoms with Crippen LogP contribution in [0.25, 0.3) is 11.2 Å². The van der Waals surface area contributed by atoms with Gasteiger partial charge in [-0.25, -0.2) is 15.0 Å². The molecule has 4 atom stereocenters. The van der Waals surface area contributed by atoms with Crippen molar-refractivity contribution in [2.45, 2.75) is 31.5 Å². The summed E-state index contributed by atoms with van der Waals surface area (Å²) in [6.45, 7) is 2.35. The van der Waals surface area contributed by atoms with Crippen LogP contribution in [0, 0.1) is 0 Å². The number of amides is 2. The Kier molecular flexibility index (Phi) is 8.58. The van der Waals surface area contributed by atoms with E-state index in [-0.39, 0.29) is 11.8 Å². The molecule has 3 heterocycles. The molecule has 3 aromatic rings. The summed E-state index contributed by atoms with van der Waals surface area (Å²) in [7, 11) is 0. The van der Waals surface area contributed by atoms with Gasteiger partial charge in [-0.05, 0) is 24.3 Å². The van der Waals surface area contributed by atoms with Crippen molar-refractivity contribution in [2.75, 3.05) is 43.5 Å². The van der Waals surface area contributed by atoms with Crippen molar-refractivity contribution in [3.63, 3.8) is 0 Å². The van der Waals surface area contributed by atoms with E-state index >= 15 is 0 Å². The Morgan fingerprint density at radius 2 is 1.84 bits per heavy atom. The van der Waals surface area contributed by atoms with Crippen molar-refractivity contribution < 1.29 is 34.4 Å². The van der Waals surface area contributed by atoms with Gasteiger partial charge in [0.25, 0.3) is 5.91 Å². The maximum Gasteiger partial charge on any atom is 0.251 e. The molecule has 1 aromatic carbocycles. The van der Waals surface area contributed by atoms with Crippen molar-refractivity contribution in [1.82, 2.24) is 24.8 Å². The maximum atomic E-state index is 12.2. The molecule has 1 aliphatic heterocycles. The first kappa shape index (κ1) is 26.4. The van der Waals surface area contributed by atoms with Crippen molar-refractivity contribution >= 4 is 34.5 Å². The first-order chi connectivity index (χ1) is 17.9. The Labute approximate surface area is 211 Å². The Morgan fingerprint density at radius 3 is 2.54 bits per heavy atom. The number of ether oxygens (including phenoxy) is 2. The highest BCUT2D eigenvalue weighted by molar-refractivity contribution is 5.95. The number of carbonyl (C=O) groups is 2. The number of carbonyl (C=O) groups excluding carboxylic acids is 2. The zero-order valence-electron chi connectivity index (χ0n) is 20.1. The molecule has 0 saturated carbocycles. The summed E-state index contributed by atoms with van der Waals surface area (Å²) in [6.07, 6.45) is -1.58. The standard InChI is InChI=1S/C23H29N7O7/c1-13(32)29-15-4-2-14(3-5-15)22(35)25-7-9-36-8-6-24-20-17-21(27-11-26-20)30(12-28-17)23-19(34)18(33)16(10-31)37-23/h2-5,11-12,16,18-19,23,31,33-34H,6-10H2,1H3,(H,25,35)(H,29,32)(H,24,26,27)/t16-,18-,19-,23-/m1/s1. The minimum atomic E-state index is -1.25. The molecule has 6 N–H and O–H groups in total. The van der Waals surface area contributed by atoms with Crippen LogP contribution in [-0.2, 0) is 14.3 Å². The third-order valence-electron chi connectivity index (χ3n) is 5.69. The van der Waals surface area contributed by atoms with Crippen LogP contribution in [0.3, 0.4) is 0 Å². The van der Waals surface area contributed by atoms with Crippen LogP contribution in [0.2, 0.25) is 0 Å².